The van der Waals surface area contributed by atoms with Crippen LogP contribution in [0.15, 0.2) is 24.3 Å². The molecule has 0 amide bonds. The highest BCUT2D eigenvalue weighted by molar-refractivity contribution is 14.1. The van der Waals surface area contributed by atoms with Crippen LogP contribution in [0.4, 0.5) is 0 Å². The average molecular weight is 286 g/mol. The number of hydrogen-bond acceptors (Lipinski definition) is 0. The maximum absolute atomic E-state index is 2.36. The minimum Gasteiger partial charge on any atom is -0.0580 e. The van der Waals surface area contributed by atoms with E-state index in [0.29, 0.717) is 0 Å². The van der Waals surface area contributed by atoms with Gasteiger partial charge < -0.3 is 0 Å². The maximum Gasteiger partial charge on any atom is 0.0130 e. The zero-order chi connectivity index (χ0) is 9.10. The molecule has 1 aliphatic carbocycles. The van der Waals surface area contributed by atoms with E-state index in [0.717, 1.165) is 5.92 Å². The van der Waals surface area contributed by atoms with Crippen LogP contribution in [0.5, 0.6) is 0 Å². The molecule has 1 heteroatoms. The highest BCUT2D eigenvalue weighted by Gasteiger charge is 2.14. The van der Waals surface area contributed by atoms with Gasteiger partial charge in [-0.2, -0.15) is 0 Å². The molecule has 13 heavy (non-hydrogen) atoms. The Kier molecular flexibility index (Phi) is 3.25. The third-order valence-electron chi connectivity index (χ3n) is 2.91. The predicted molar refractivity (Wildman–Crippen MR) is 64.8 cm³/mol. The highest BCUT2D eigenvalue weighted by Crippen LogP contribution is 2.27. The van der Waals surface area contributed by atoms with Gasteiger partial charge in [-0.1, -0.05) is 37.8 Å². The monoisotopic (exact) mass is 286 g/mol. The second-order valence-electron chi connectivity index (χ2n) is 3.98. The molecule has 1 aromatic rings. The Morgan fingerprint density at radius 3 is 2.31 bits per heavy atom. The number of rotatable bonds is 2. The van der Waals surface area contributed by atoms with Crippen molar-refractivity contribution in [2.45, 2.75) is 32.1 Å². The van der Waals surface area contributed by atoms with Crippen molar-refractivity contribution in [3.05, 3.63) is 33.4 Å². The summed E-state index contributed by atoms with van der Waals surface area (Å²) in [6, 6.07) is 8.98. The third-order valence-corrected chi connectivity index (χ3v) is 3.63. The molecule has 0 aliphatic heterocycles. The van der Waals surface area contributed by atoms with Gasteiger partial charge in [-0.15, -0.1) is 0 Å². The van der Waals surface area contributed by atoms with Gasteiger partial charge in [0.25, 0.3) is 0 Å². The lowest BCUT2D eigenvalue weighted by Crippen LogP contribution is -1.98. The molecule has 1 saturated carbocycles. The summed E-state index contributed by atoms with van der Waals surface area (Å²) in [5, 5.41) is 0. The summed E-state index contributed by atoms with van der Waals surface area (Å²) in [4.78, 5) is 0. The van der Waals surface area contributed by atoms with Crippen LogP contribution in [0.1, 0.15) is 31.2 Å². The van der Waals surface area contributed by atoms with E-state index in [-0.39, 0.29) is 0 Å². The largest absolute Gasteiger partial charge is 0.0580 e. The normalized spacial score (nSPS) is 17.9. The number of benzene rings is 1. The van der Waals surface area contributed by atoms with Crippen molar-refractivity contribution in [2.75, 3.05) is 0 Å². The van der Waals surface area contributed by atoms with Gasteiger partial charge in [0.2, 0.25) is 0 Å². The molecule has 0 N–H and O–H groups in total. The van der Waals surface area contributed by atoms with E-state index >= 15 is 0 Å². The lowest BCUT2D eigenvalue weighted by atomic mass is 9.98. The second kappa shape index (κ2) is 4.45. The average Bonchev–Trinajstić information content (AvgIpc) is 2.62. The summed E-state index contributed by atoms with van der Waals surface area (Å²) in [6.07, 6.45) is 7.11. The maximum atomic E-state index is 2.36. The van der Waals surface area contributed by atoms with Crippen LogP contribution in [0.25, 0.3) is 0 Å². The van der Waals surface area contributed by atoms with Crippen LogP contribution < -0.4 is 0 Å². The van der Waals surface area contributed by atoms with Crippen molar-refractivity contribution in [1.29, 1.82) is 0 Å². The second-order valence-corrected chi connectivity index (χ2v) is 5.23. The quantitative estimate of drug-likeness (QED) is 0.720. The van der Waals surface area contributed by atoms with Crippen molar-refractivity contribution < 1.29 is 0 Å². The summed E-state index contributed by atoms with van der Waals surface area (Å²) in [6.45, 7) is 0. The Labute approximate surface area is 93.9 Å². The van der Waals surface area contributed by atoms with Gasteiger partial charge >= 0.3 is 0 Å². The first-order chi connectivity index (χ1) is 6.34. The highest BCUT2D eigenvalue weighted by atomic mass is 127. The molecule has 0 aromatic heterocycles. The molecule has 70 valence electrons. The van der Waals surface area contributed by atoms with E-state index in [2.05, 4.69) is 46.9 Å². The van der Waals surface area contributed by atoms with E-state index in [4.69, 9.17) is 0 Å². The molecular formula is C12H15I. The van der Waals surface area contributed by atoms with E-state index in [1.165, 1.54) is 41.2 Å². The minimum absolute atomic E-state index is 0.972. The smallest absolute Gasteiger partial charge is 0.0130 e. The molecule has 0 radical (unpaired) electrons. The summed E-state index contributed by atoms with van der Waals surface area (Å²) in [7, 11) is 0. The molecule has 0 spiro atoms. The van der Waals surface area contributed by atoms with Crippen LogP contribution in [-0.2, 0) is 6.42 Å². The van der Waals surface area contributed by atoms with Crippen LogP contribution in [-0.4, -0.2) is 0 Å². The molecule has 1 aromatic carbocycles. The first-order valence-corrected chi connectivity index (χ1v) is 6.17. The van der Waals surface area contributed by atoms with Gasteiger partial charge in [0, 0.05) is 3.57 Å². The lowest BCUT2D eigenvalue weighted by Gasteiger charge is -2.08. The zero-order valence-electron chi connectivity index (χ0n) is 7.80. The van der Waals surface area contributed by atoms with Crippen LogP contribution in [0.3, 0.4) is 0 Å². The molecular weight excluding hydrogens is 271 g/mol. The van der Waals surface area contributed by atoms with Crippen molar-refractivity contribution in [2.24, 2.45) is 5.92 Å². The first-order valence-electron chi connectivity index (χ1n) is 5.09. The Morgan fingerprint density at radius 2 is 1.69 bits per heavy atom. The zero-order valence-corrected chi connectivity index (χ0v) is 9.96. The fraction of sp³-hybridized carbons (Fsp3) is 0.500. The molecule has 1 aliphatic rings. The van der Waals surface area contributed by atoms with Crippen LogP contribution in [0.2, 0.25) is 0 Å². The van der Waals surface area contributed by atoms with E-state index in [1.807, 2.05) is 0 Å². The standard InChI is InChI=1S/C12H15I/c13-12-7-5-11(6-8-12)9-10-3-1-2-4-10/h5-8,10H,1-4,9H2. The first kappa shape index (κ1) is 9.50. The topological polar surface area (TPSA) is 0 Å². The molecule has 0 atom stereocenters. The Hall–Kier alpha value is -0.0500. The summed E-state index contributed by atoms with van der Waals surface area (Å²) < 4.78 is 1.34. The lowest BCUT2D eigenvalue weighted by molar-refractivity contribution is 0.546. The van der Waals surface area contributed by atoms with E-state index in [1.54, 1.807) is 0 Å². The molecule has 0 nitrogen and oxygen atoms in total. The molecule has 0 unspecified atom stereocenters. The minimum atomic E-state index is 0.972. The van der Waals surface area contributed by atoms with Gasteiger partial charge in [-0.25, -0.2) is 0 Å². The van der Waals surface area contributed by atoms with Gasteiger partial charge in [0.05, 0.1) is 0 Å². The summed E-state index contributed by atoms with van der Waals surface area (Å²) >= 11 is 2.36. The molecule has 0 heterocycles. The fourth-order valence-electron chi connectivity index (χ4n) is 2.17. The molecule has 1 fully saturated rings. The molecule has 0 saturated heterocycles. The van der Waals surface area contributed by atoms with E-state index in [9.17, 15) is 0 Å². The van der Waals surface area contributed by atoms with Gasteiger partial charge in [-0.05, 0) is 52.6 Å². The van der Waals surface area contributed by atoms with Gasteiger partial charge in [0.15, 0.2) is 0 Å². The van der Waals surface area contributed by atoms with Crippen molar-refractivity contribution >= 4 is 22.6 Å². The predicted octanol–water partition coefficient (Wildman–Crippen LogP) is 4.02. The fourth-order valence-corrected chi connectivity index (χ4v) is 2.53. The summed E-state index contributed by atoms with van der Waals surface area (Å²) in [5.41, 5.74) is 1.52. The van der Waals surface area contributed by atoms with Gasteiger partial charge in [-0.3, -0.25) is 0 Å². The van der Waals surface area contributed by atoms with Gasteiger partial charge in [0.1, 0.15) is 0 Å². The van der Waals surface area contributed by atoms with Crippen molar-refractivity contribution in [3.8, 4) is 0 Å². The molecule has 2 rings (SSSR count). The van der Waals surface area contributed by atoms with E-state index < -0.39 is 0 Å². The SMILES string of the molecule is Ic1ccc(CC2CCCC2)cc1. The molecule has 0 bridgehead atoms. The van der Waals surface area contributed by atoms with Crippen molar-refractivity contribution in [1.82, 2.24) is 0 Å². The van der Waals surface area contributed by atoms with Crippen LogP contribution in [0, 0.1) is 9.49 Å². The Balaban J connectivity index is 1.97. The summed E-state index contributed by atoms with van der Waals surface area (Å²) in [5.74, 6) is 0.972. The third kappa shape index (κ3) is 2.70. The van der Waals surface area contributed by atoms with Crippen LogP contribution >= 0.6 is 22.6 Å². The van der Waals surface area contributed by atoms with Crippen molar-refractivity contribution in [3.63, 3.8) is 0 Å². The number of halogens is 1. The Bertz CT molecular complexity index is 257. The Morgan fingerprint density at radius 1 is 1.08 bits per heavy atom. The number of hydrogen-bond donors (Lipinski definition) is 0.